The van der Waals surface area contributed by atoms with Crippen LogP contribution in [0.25, 0.3) is 10.1 Å². The van der Waals surface area contributed by atoms with Gasteiger partial charge in [-0.1, -0.05) is 6.07 Å². The summed E-state index contributed by atoms with van der Waals surface area (Å²) in [6.45, 7) is 0. The molecular formula is C10H6INS2. The average molecular weight is 331 g/mol. The molecule has 0 saturated heterocycles. The highest BCUT2D eigenvalue weighted by atomic mass is 127. The highest BCUT2D eigenvalue weighted by Crippen LogP contribution is 2.34. The number of thiophene rings is 1. The van der Waals surface area contributed by atoms with Gasteiger partial charge < -0.3 is 0 Å². The molecule has 0 amide bonds. The first-order chi connectivity index (χ1) is 6.74. The minimum absolute atomic E-state index is 0.470. The number of fused-ring (bicyclic) bond motifs is 1. The lowest BCUT2D eigenvalue weighted by atomic mass is 10.1. The van der Waals surface area contributed by atoms with Crippen LogP contribution in [0.15, 0.2) is 22.4 Å². The lowest BCUT2D eigenvalue weighted by molar-refractivity contribution is 1.28. The first kappa shape index (κ1) is 10.3. The van der Waals surface area contributed by atoms with Crippen molar-refractivity contribution < 1.29 is 0 Å². The van der Waals surface area contributed by atoms with Gasteiger partial charge in [0.05, 0.1) is 12.5 Å². The van der Waals surface area contributed by atoms with Crippen molar-refractivity contribution in [2.45, 2.75) is 11.3 Å². The van der Waals surface area contributed by atoms with Crippen molar-refractivity contribution in [1.29, 1.82) is 5.26 Å². The Bertz CT molecular complexity index is 525. The van der Waals surface area contributed by atoms with Crippen LogP contribution in [0, 0.1) is 14.9 Å². The van der Waals surface area contributed by atoms with E-state index in [9.17, 15) is 0 Å². The Labute approximate surface area is 105 Å². The Morgan fingerprint density at radius 1 is 1.50 bits per heavy atom. The summed E-state index contributed by atoms with van der Waals surface area (Å²) >= 11 is 8.39. The Balaban J connectivity index is 2.80. The fourth-order valence-electron chi connectivity index (χ4n) is 1.40. The zero-order chi connectivity index (χ0) is 10.1. The third-order valence-electron chi connectivity index (χ3n) is 2.01. The van der Waals surface area contributed by atoms with E-state index < -0.39 is 0 Å². The van der Waals surface area contributed by atoms with E-state index in [1.807, 2.05) is 12.1 Å². The first-order valence-corrected chi connectivity index (χ1v) is 6.39. The molecule has 0 aliphatic rings. The van der Waals surface area contributed by atoms with E-state index in [0.717, 1.165) is 10.5 Å². The van der Waals surface area contributed by atoms with Crippen LogP contribution in [-0.2, 0) is 6.42 Å². The Hall–Kier alpha value is -0.250. The molecule has 0 aliphatic heterocycles. The molecule has 0 aliphatic carbocycles. The van der Waals surface area contributed by atoms with Gasteiger partial charge in [-0.05, 0) is 34.2 Å². The normalized spacial score (nSPS) is 10.4. The number of thiol groups is 1. The molecule has 0 bridgehead atoms. The predicted molar refractivity (Wildman–Crippen MR) is 71.1 cm³/mol. The summed E-state index contributed by atoms with van der Waals surface area (Å²) in [5.41, 5.74) is 1.10. The molecule has 14 heavy (non-hydrogen) atoms. The Morgan fingerprint density at radius 2 is 2.29 bits per heavy atom. The van der Waals surface area contributed by atoms with Crippen molar-refractivity contribution in [3.63, 3.8) is 0 Å². The van der Waals surface area contributed by atoms with Crippen molar-refractivity contribution in [1.82, 2.24) is 0 Å². The summed E-state index contributed by atoms with van der Waals surface area (Å²) in [5.74, 6) is 0. The quantitative estimate of drug-likeness (QED) is 0.623. The second-order valence-electron chi connectivity index (χ2n) is 2.87. The standard InChI is InChI=1S/C10H6INS2/c11-7-5-14-10-8(13)2-1-6(3-4-12)9(7)10/h1-2,5,13H,3H2. The molecule has 0 unspecified atom stereocenters. The van der Waals surface area contributed by atoms with Crippen LogP contribution >= 0.6 is 46.6 Å². The van der Waals surface area contributed by atoms with Crippen LogP contribution in [0.2, 0.25) is 0 Å². The third-order valence-corrected chi connectivity index (χ3v) is 4.82. The van der Waals surface area contributed by atoms with E-state index in [4.69, 9.17) is 5.26 Å². The lowest BCUT2D eigenvalue weighted by Crippen LogP contribution is -1.84. The van der Waals surface area contributed by atoms with Gasteiger partial charge in [0.15, 0.2) is 0 Å². The number of hydrogen-bond donors (Lipinski definition) is 1. The molecule has 0 fully saturated rings. The van der Waals surface area contributed by atoms with Crippen LogP contribution in [0.3, 0.4) is 0 Å². The maximum Gasteiger partial charge on any atom is 0.0669 e. The largest absolute Gasteiger partial charge is 0.198 e. The van der Waals surface area contributed by atoms with E-state index in [0.29, 0.717) is 6.42 Å². The highest BCUT2D eigenvalue weighted by molar-refractivity contribution is 14.1. The van der Waals surface area contributed by atoms with Crippen molar-refractivity contribution in [3.8, 4) is 6.07 Å². The SMILES string of the molecule is N#CCc1ccc(S)c2scc(I)c12. The number of hydrogen-bond acceptors (Lipinski definition) is 3. The van der Waals surface area contributed by atoms with Crippen molar-refractivity contribution in [3.05, 3.63) is 26.6 Å². The smallest absolute Gasteiger partial charge is 0.0669 e. The molecule has 70 valence electrons. The number of nitriles is 1. The van der Waals surface area contributed by atoms with Crippen LogP contribution in [-0.4, -0.2) is 0 Å². The summed E-state index contributed by atoms with van der Waals surface area (Å²) in [6.07, 6.45) is 0.470. The van der Waals surface area contributed by atoms with Gasteiger partial charge in [-0.25, -0.2) is 0 Å². The van der Waals surface area contributed by atoms with Gasteiger partial charge in [-0.3, -0.25) is 0 Å². The molecular weight excluding hydrogens is 325 g/mol. The summed E-state index contributed by atoms with van der Waals surface area (Å²) in [6, 6.07) is 6.14. The van der Waals surface area contributed by atoms with Gasteiger partial charge in [-0.15, -0.1) is 24.0 Å². The molecule has 0 radical (unpaired) electrons. The molecule has 1 nitrogen and oxygen atoms in total. The molecule has 0 saturated carbocycles. The van der Waals surface area contributed by atoms with Gasteiger partial charge >= 0.3 is 0 Å². The van der Waals surface area contributed by atoms with Gasteiger partial charge in [0.1, 0.15) is 0 Å². The Kier molecular flexibility index (Phi) is 3.00. The summed E-state index contributed by atoms with van der Waals surface area (Å²) in [5, 5.41) is 12.0. The minimum Gasteiger partial charge on any atom is -0.198 e. The average Bonchev–Trinajstić information content (AvgIpc) is 2.55. The summed E-state index contributed by atoms with van der Waals surface area (Å²) in [4.78, 5) is 0.995. The third kappa shape index (κ3) is 1.64. The van der Waals surface area contributed by atoms with Crippen molar-refractivity contribution >= 4 is 56.6 Å². The van der Waals surface area contributed by atoms with Gasteiger partial charge in [0, 0.05) is 23.9 Å². The topological polar surface area (TPSA) is 23.8 Å². The van der Waals surface area contributed by atoms with Crippen LogP contribution in [0.5, 0.6) is 0 Å². The lowest BCUT2D eigenvalue weighted by Gasteiger charge is -2.01. The molecule has 0 atom stereocenters. The van der Waals surface area contributed by atoms with Crippen LogP contribution in [0.4, 0.5) is 0 Å². The Morgan fingerprint density at radius 3 is 3.00 bits per heavy atom. The zero-order valence-corrected chi connectivity index (χ0v) is 11.0. The number of halogens is 1. The van der Waals surface area contributed by atoms with Gasteiger partial charge in [0.2, 0.25) is 0 Å². The number of nitrogens with zero attached hydrogens (tertiary/aromatic N) is 1. The maximum absolute atomic E-state index is 8.71. The number of rotatable bonds is 1. The molecule has 0 spiro atoms. The summed E-state index contributed by atoms with van der Waals surface area (Å²) in [7, 11) is 0. The molecule has 2 rings (SSSR count). The van der Waals surface area contributed by atoms with E-state index in [1.54, 1.807) is 11.3 Å². The monoisotopic (exact) mass is 331 g/mol. The van der Waals surface area contributed by atoms with Gasteiger partial charge in [-0.2, -0.15) is 5.26 Å². The molecule has 1 aromatic carbocycles. The zero-order valence-electron chi connectivity index (χ0n) is 7.12. The van der Waals surface area contributed by atoms with E-state index in [2.05, 4.69) is 46.7 Å². The second kappa shape index (κ2) is 4.09. The minimum atomic E-state index is 0.470. The summed E-state index contributed by atoms with van der Waals surface area (Å²) < 4.78 is 2.40. The first-order valence-electron chi connectivity index (χ1n) is 3.98. The molecule has 1 heterocycles. The van der Waals surface area contributed by atoms with Gasteiger partial charge in [0.25, 0.3) is 0 Å². The van der Waals surface area contributed by atoms with Crippen LogP contribution in [0.1, 0.15) is 5.56 Å². The van der Waals surface area contributed by atoms with E-state index in [1.165, 1.54) is 13.7 Å². The van der Waals surface area contributed by atoms with E-state index >= 15 is 0 Å². The second-order valence-corrected chi connectivity index (χ2v) is 5.39. The molecule has 4 heteroatoms. The van der Waals surface area contributed by atoms with Crippen LogP contribution < -0.4 is 0 Å². The maximum atomic E-state index is 8.71. The predicted octanol–water partition coefficient (Wildman–Crippen LogP) is 3.86. The van der Waals surface area contributed by atoms with Crippen molar-refractivity contribution in [2.24, 2.45) is 0 Å². The molecule has 0 N–H and O–H groups in total. The van der Waals surface area contributed by atoms with Crippen molar-refractivity contribution in [2.75, 3.05) is 0 Å². The van der Waals surface area contributed by atoms with E-state index in [-0.39, 0.29) is 0 Å². The fraction of sp³-hybridized carbons (Fsp3) is 0.100. The highest BCUT2D eigenvalue weighted by Gasteiger charge is 2.09. The molecule has 2 aromatic rings. The fourth-order valence-corrected chi connectivity index (χ4v) is 3.81. The molecule has 1 aromatic heterocycles. The number of benzene rings is 1.